The van der Waals surface area contributed by atoms with Gasteiger partial charge in [-0.3, -0.25) is 9.89 Å². The number of rotatable bonds is 9. The second kappa shape index (κ2) is 11.2. The van der Waals surface area contributed by atoms with Gasteiger partial charge in [0.1, 0.15) is 0 Å². The van der Waals surface area contributed by atoms with Crippen LogP contribution in [0, 0.1) is 0 Å². The summed E-state index contributed by atoms with van der Waals surface area (Å²) in [5.74, 6) is 0.635. The van der Waals surface area contributed by atoms with Crippen molar-refractivity contribution >= 4 is 17.3 Å². The van der Waals surface area contributed by atoms with E-state index in [0.29, 0.717) is 30.0 Å². The number of aromatic nitrogens is 1. The van der Waals surface area contributed by atoms with Crippen LogP contribution in [-0.4, -0.2) is 49.1 Å². The summed E-state index contributed by atoms with van der Waals surface area (Å²) in [4.78, 5) is 10.1. The van der Waals surface area contributed by atoms with Gasteiger partial charge in [-0.15, -0.1) is 11.3 Å². The minimum absolute atomic E-state index is 0.386. The first-order chi connectivity index (χ1) is 13.8. The lowest BCUT2D eigenvalue weighted by Crippen LogP contribution is -2.40. The number of hydrogen-bond donors (Lipinski definition) is 2. The van der Waals surface area contributed by atoms with Gasteiger partial charge in [-0.25, -0.2) is 4.98 Å². The Morgan fingerprint density at radius 2 is 1.90 bits per heavy atom. The summed E-state index contributed by atoms with van der Waals surface area (Å²) in [7, 11) is 3.78. The van der Waals surface area contributed by atoms with Gasteiger partial charge < -0.3 is 10.6 Å². The SMILES string of the molecule is CN=C(NCCc1nc(C(F)(F)F)cs1)NCCC(C)N(C)Cc1ccccc1. The first-order valence-electron chi connectivity index (χ1n) is 9.50. The Balaban J connectivity index is 1.67. The van der Waals surface area contributed by atoms with Crippen molar-refractivity contribution in [3.63, 3.8) is 0 Å². The minimum Gasteiger partial charge on any atom is -0.356 e. The molecule has 1 unspecified atom stereocenters. The molecule has 9 heteroatoms. The molecule has 1 heterocycles. The molecule has 0 radical (unpaired) electrons. The number of halogens is 3. The fourth-order valence-electron chi connectivity index (χ4n) is 2.71. The fourth-order valence-corrected chi connectivity index (χ4v) is 3.52. The minimum atomic E-state index is -4.38. The molecule has 2 aromatic rings. The van der Waals surface area contributed by atoms with Crippen molar-refractivity contribution in [1.82, 2.24) is 20.5 Å². The summed E-state index contributed by atoms with van der Waals surface area (Å²) in [6.07, 6.45) is -3.03. The van der Waals surface area contributed by atoms with E-state index < -0.39 is 11.9 Å². The molecule has 0 fully saturated rings. The van der Waals surface area contributed by atoms with Gasteiger partial charge in [-0.05, 0) is 26.0 Å². The van der Waals surface area contributed by atoms with Gasteiger partial charge in [0.25, 0.3) is 0 Å². The van der Waals surface area contributed by atoms with Crippen LogP contribution in [0.3, 0.4) is 0 Å². The van der Waals surface area contributed by atoms with Crippen LogP contribution in [0.1, 0.15) is 29.6 Å². The third kappa shape index (κ3) is 8.02. The van der Waals surface area contributed by atoms with Crippen molar-refractivity contribution in [2.75, 3.05) is 27.2 Å². The van der Waals surface area contributed by atoms with Crippen molar-refractivity contribution in [1.29, 1.82) is 0 Å². The number of alkyl halides is 3. The predicted molar refractivity (Wildman–Crippen MR) is 112 cm³/mol. The fraction of sp³-hybridized carbons (Fsp3) is 0.500. The van der Waals surface area contributed by atoms with Crippen LogP contribution in [0.25, 0.3) is 0 Å². The lowest BCUT2D eigenvalue weighted by atomic mass is 10.1. The summed E-state index contributed by atoms with van der Waals surface area (Å²) < 4.78 is 37.8. The molecule has 0 saturated carbocycles. The molecule has 1 aromatic heterocycles. The van der Waals surface area contributed by atoms with Crippen LogP contribution in [0.15, 0.2) is 40.7 Å². The highest BCUT2D eigenvalue weighted by atomic mass is 32.1. The average Bonchev–Trinajstić information content (AvgIpc) is 3.17. The first kappa shape index (κ1) is 23.2. The third-order valence-electron chi connectivity index (χ3n) is 4.58. The molecule has 0 spiro atoms. The van der Waals surface area contributed by atoms with E-state index in [1.165, 1.54) is 5.56 Å². The summed E-state index contributed by atoms with van der Waals surface area (Å²) >= 11 is 1.02. The van der Waals surface area contributed by atoms with Crippen molar-refractivity contribution in [3.8, 4) is 0 Å². The Kier molecular flexibility index (Phi) is 8.91. The molecule has 1 aromatic carbocycles. The zero-order valence-corrected chi connectivity index (χ0v) is 17.8. The zero-order valence-electron chi connectivity index (χ0n) is 17.0. The monoisotopic (exact) mass is 427 g/mol. The highest BCUT2D eigenvalue weighted by Gasteiger charge is 2.33. The van der Waals surface area contributed by atoms with Gasteiger partial charge >= 0.3 is 6.18 Å². The molecule has 0 aliphatic carbocycles. The van der Waals surface area contributed by atoms with E-state index in [-0.39, 0.29) is 0 Å². The number of aliphatic imine (C=N–C) groups is 1. The molecule has 160 valence electrons. The quantitative estimate of drug-likeness (QED) is 0.472. The van der Waals surface area contributed by atoms with Crippen molar-refractivity contribution in [2.24, 2.45) is 4.99 Å². The summed E-state index contributed by atoms with van der Waals surface area (Å²) in [5.41, 5.74) is 0.455. The van der Waals surface area contributed by atoms with E-state index in [0.717, 1.165) is 36.2 Å². The normalized spacial score (nSPS) is 13.6. The molecule has 5 nitrogen and oxygen atoms in total. The van der Waals surface area contributed by atoms with Gasteiger partial charge in [0, 0.05) is 44.5 Å². The molecular weight excluding hydrogens is 399 g/mol. The maximum Gasteiger partial charge on any atom is 0.434 e. The topological polar surface area (TPSA) is 52.6 Å². The Bertz CT molecular complexity index is 761. The lowest BCUT2D eigenvalue weighted by molar-refractivity contribution is -0.140. The van der Waals surface area contributed by atoms with Crippen molar-refractivity contribution < 1.29 is 13.2 Å². The third-order valence-corrected chi connectivity index (χ3v) is 5.49. The number of nitrogens with one attached hydrogen (secondary N) is 2. The maximum absolute atomic E-state index is 12.6. The van der Waals surface area contributed by atoms with Crippen LogP contribution in [-0.2, 0) is 19.1 Å². The zero-order chi connectivity index (χ0) is 21.3. The maximum atomic E-state index is 12.6. The molecule has 2 N–H and O–H groups in total. The van der Waals surface area contributed by atoms with Crippen LogP contribution in [0.5, 0.6) is 0 Å². The number of benzene rings is 1. The standard InChI is InChI=1S/C20H28F3N5S/c1-15(28(3)13-16-7-5-4-6-8-16)9-11-25-19(24-2)26-12-10-18-27-17(14-29-18)20(21,22)23/h4-8,14-15H,9-13H2,1-3H3,(H2,24,25,26). The Morgan fingerprint density at radius 3 is 2.52 bits per heavy atom. The Morgan fingerprint density at radius 1 is 1.21 bits per heavy atom. The number of hydrogen-bond acceptors (Lipinski definition) is 4. The molecule has 0 aliphatic heterocycles. The number of guanidine groups is 1. The molecule has 1 atom stereocenters. The molecule has 0 saturated heterocycles. The van der Waals surface area contributed by atoms with E-state index in [4.69, 9.17) is 0 Å². The van der Waals surface area contributed by atoms with Gasteiger partial charge in [0.15, 0.2) is 11.7 Å². The predicted octanol–water partition coefficient (Wildman–Crippen LogP) is 3.78. The summed E-state index contributed by atoms with van der Waals surface area (Å²) in [5, 5.41) is 7.88. The summed E-state index contributed by atoms with van der Waals surface area (Å²) in [6.45, 7) is 4.29. The van der Waals surface area contributed by atoms with Gasteiger partial charge in [-0.2, -0.15) is 13.2 Å². The molecular formula is C20H28F3N5S. The van der Waals surface area contributed by atoms with Crippen LogP contribution >= 0.6 is 11.3 Å². The molecule has 0 bridgehead atoms. The first-order valence-corrected chi connectivity index (χ1v) is 10.4. The average molecular weight is 428 g/mol. The van der Waals surface area contributed by atoms with E-state index >= 15 is 0 Å². The molecule has 0 aliphatic rings. The number of thiazole rings is 1. The molecule has 0 amide bonds. The Labute approximate surface area is 174 Å². The molecule has 29 heavy (non-hydrogen) atoms. The highest BCUT2D eigenvalue weighted by molar-refractivity contribution is 7.09. The largest absolute Gasteiger partial charge is 0.434 e. The van der Waals surface area contributed by atoms with E-state index in [2.05, 4.69) is 51.6 Å². The molecule has 2 rings (SSSR count). The van der Waals surface area contributed by atoms with Crippen molar-refractivity contribution in [2.45, 2.75) is 38.5 Å². The van der Waals surface area contributed by atoms with E-state index in [1.807, 2.05) is 18.2 Å². The smallest absolute Gasteiger partial charge is 0.356 e. The highest BCUT2D eigenvalue weighted by Crippen LogP contribution is 2.29. The van der Waals surface area contributed by atoms with Gasteiger partial charge in [-0.1, -0.05) is 30.3 Å². The van der Waals surface area contributed by atoms with Crippen LogP contribution in [0.2, 0.25) is 0 Å². The van der Waals surface area contributed by atoms with Crippen molar-refractivity contribution in [3.05, 3.63) is 52.0 Å². The van der Waals surface area contributed by atoms with Gasteiger partial charge in [0.2, 0.25) is 0 Å². The summed E-state index contributed by atoms with van der Waals surface area (Å²) in [6, 6.07) is 10.7. The van der Waals surface area contributed by atoms with E-state index in [9.17, 15) is 13.2 Å². The van der Waals surface area contributed by atoms with Gasteiger partial charge in [0.05, 0.1) is 5.01 Å². The second-order valence-corrected chi connectivity index (χ2v) is 7.78. The van der Waals surface area contributed by atoms with Crippen LogP contribution in [0.4, 0.5) is 13.2 Å². The van der Waals surface area contributed by atoms with Crippen LogP contribution < -0.4 is 10.6 Å². The second-order valence-electron chi connectivity index (χ2n) is 6.84. The number of nitrogens with zero attached hydrogens (tertiary/aromatic N) is 3. The van der Waals surface area contributed by atoms with E-state index in [1.54, 1.807) is 7.05 Å². The lowest BCUT2D eigenvalue weighted by Gasteiger charge is -2.25. The Hall–Kier alpha value is -2.13.